The molecule has 3 rings (SSSR count). The predicted molar refractivity (Wildman–Crippen MR) is 98.0 cm³/mol. The van der Waals surface area contributed by atoms with Gasteiger partial charge in [-0.1, -0.05) is 47.7 Å². The number of aromatic nitrogens is 5. The van der Waals surface area contributed by atoms with Crippen LogP contribution in [0.15, 0.2) is 61.2 Å². The second-order valence-corrected chi connectivity index (χ2v) is 5.87. The highest BCUT2D eigenvalue weighted by Crippen LogP contribution is 2.17. The van der Waals surface area contributed by atoms with Gasteiger partial charge in [-0.05, 0) is 18.6 Å². The van der Waals surface area contributed by atoms with Crippen LogP contribution in [-0.4, -0.2) is 42.8 Å². The lowest BCUT2D eigenvalue weighted by molar-refractivity contribution is 0.0733. The van der Waals surface area contributed by atoms with Crippen molar-refractivity contribution in [2.24, 2.45) is 0 Å². The molecule has 0 aliphatic heterocycles. The van der Waals surface area contributed by atoms with Crippen LogP contribution in [0.2, 0.25) is 0 Å². The number of benzene rings is 1. The molecule has 7 heteroatoms. The first-order valence-electron chi connectivity index (χ1n) is 8.30. The van der Waals surface area contributed by atoms with Crippen LogP contribution in [0.3, 0.4) is 0 Å². The van der Waals surface area contributed by atoms with Gasteiger partial charge in [0.25, 0.3) is 5.91 Å². The lowest BCUT2D eigenvalue weighted by atomic mass is 10.2. The first-order valence-corrected chi connectivity index (χ1v) is 8.30. The third-order valence-corrected chi connectivity index (χ3v) is 4.09. The molecule has 0 bridgehead atoms. The summed E-state index contributed by atoms with van der Waals surface area (Å²) in [5.74, 6) is -0.200. The average molecular weight is 348 g/mol. The molecule has 0 aliphatic rings. The number of allylic oxidation sites excluding steroid dienone is 1. The van der Waals surface area contributed by atoms with Crippen molar-refractivity contribution in [3.63, 3.8) is 0 Å². The fourth-order valence-electron chi connectivity index (χ4n) is 2.45. The van der Waals surface area contributed by atoms with Gasteiger partial charge in [0.05, 0.1) is 24.5 Å². The molecule has 0 radical (unpaired) electrons. The van der Waals surface area contributed by atoms with Gasteiger partial charge in [-0.15, -0.1) is 5.10 Å². The molecule has 0 aliphatic carbocycles. The number of amides is 1. The standard InChI is InChI=1S/C19H20N6O/c1-15(17-10-11-20-14-21-17)24(2)19(26)18-13-25(23-22-18)12-6-9-16-7-4-3-5-8-16/h3-11,13-15H,12H2,1-2H3/b9-6+/t15-/m0/s1. The van der Waals surface area contributed by atoms with Gasteiger partial charge in [-0.25, -0.2) is 14.6 Å². The van der Waals surface area contributed by atoms with E-state index in [1.54, 1.807) is 35.1 Å². The molecule has 1 aromatic carbocycles. The average Bonchev–Trinajstić information content (AvgIpc) is 3.16. The molecule has 7 nitrogen and oxygen atoms in total. The molecular formula is C19H20N6O. The predicted octanol–water partition coefficient (Wildman–Crippen LogP) is 2.61. The number of carbonyl (C=O) groups excluding carboxylic acids is 1. The van der Waals surface area contributed by atoms with Crippen LogP contribution < -0.4 is 0 Å². The zero-order valence-electron chi connectivity index (χ0n) is 14.7. The van der Waals surface area contributed by atoms with Crippen LogP contribution in [-0.2, 0) is 6.54 Å². The summed E-state index contributed by atoms with van der Waals surface area (Å²) in [7, 11) is 1.73. The van der Waals surface area contributed by atoms with Gasteiger partial charge in [-0.2, -0.15) is 0 Å². The van der Waals surface area contributed by atoms with Gasteiger partial charge in [-0.3, -0.25) is 4.79 Å². The summed E-state index contributed by atoms with van der Waals surface area (Å²) < 4.78 is 1.63. The Bertz CT molecular complexity index is 875. The maximum absolute atomic E-state index is 12.6. The number of carbonyl (C=O) groups is 1. The van der Waals surface area contributed by atoms with E-state index in [1.807, 2.05) is 49.4 Å². The van der Waals surface area contributed by atoms with Crippen molar-refractivity contribution in [3.8, 4) is 0 Å². The third kappa shape index (κ3) is 4.18. The van der Waals surface area contributed by atoms with E-state index < -0.39 is 0 Å². The normalized spacial score (nSPS) is 12.2. The van der Waals surface area contributed by atoms with Gasteiger partial charge in [0, 0.05) is 13.2 Å². The van der Waals surface area contributed by atoms with Crippen LogP contribution in [0, 0.1) is 0 Å². The first kappa shape index (κ1) is 17.5. The van der Waals surface area contributed by atoms with Crippen LogP contribution in [0.4, 0.5) is 0 Å². The van der Waals surface area contributed by atoms with Gasteiger partial charge in [0.1, 0.15) is 6.33 Å². The molecule has 0 fully saturated rings. The second kappa shape index (κ2) is 8.15. The number of hydrogen-bond acceptors (Lipinski definition) is 5. The van der Waals surface area contributed by atoms with E-state index in [1.165, 1.54) is 6.33 Å². The smallest absolute Gasteiger partial charge is 0.276 e. The van der Waals surface area contributed by atoms with E-state index in [0.717, 1.165) is 11.3 Å². The van der Waals surface area contributed by atoms with Gasteiger partial charge in [0.15, 0.2) is 5.69 Å². The van der Waals surface area contributed by atoms with E-state index in [0.29, 0.717) is 12.2 Å². The Hall–Kier alpha value is -3.35. The van der Waals surface area contributed by atoms with Crippen LogP contribution in [0.1, 0.15) is 34.7 Å². The molecule has 1 amide bonds. The van der Waals surface area contributed by atoms with Crippen molar-refractivity contribution in [1.82, 2.24) is 29.9 Å². The number of hydrogen-bond donors (Lipinski definition) is 0. The zero-order valence-corrected chi connectivity index (χ0v) is 14.7. The molecule has 0 unspecified atom stereocenters. The Balaban J connectivity index is 1.63. The van der Waals surface area contributed by atoms with E-state index in [-0.39, 0.29) is 11.9 Å². The van der Waals surface area contributed by atoms with Crippen molar-refractivity contribution in [1.29, 1.82) is 0 Å². The third-order valence-electron chi connectivity index (χ3n) is 4.09. The minimum Gasteiger partial charge on any atom is -0.332 e. The Morgan fingerprint density at radius 3 is 2.81 bits per heavy atom. The molecule has 2 aromatic heterocycles. The molecule has 0 spiro atoms. The monoisotopic (exact) mass is 348 g/mol. The molecule has 3 aromatic rings. The Labute approximate surface area is 152 Å². The minimum absolute atomic E-state index is 0.186. The van der Waals surface area contributed by atoms with Gasteiger partial charge in [0.2, 0.25) is 0 Å². The second-order valence-electron chi connectivity index (χ2n) is 5.87. The molecule has 26 heavy (non-hydrogen) atoms. The lowest BCUT2D eigenvalue weighted by Crippen LogP contribution is -2.30. The van der Waals surface area contributed by atoms with E-state index in [4.69, 9.17) is 0 Å². The molecule has 0 saturated heterocycles. The Kier molecular flexibility index (Phi) is 5.48. The molecule has 0 N–H and O–H groups in total. The van der Waals surface area contributed by atoms with Crippen molar-refractivity contribution in [2.75, 3.05) is 7.05 Å². The number of nitrogens with zero attached hydrogens (tertiary/aromatic N) is 6. The molecule has 2 heterocycles. The van der Waals surface area contributed by atoms with Crippen LogP contribution >= 0.6 is 0 Å². The summed E-state index contributed by atoms with van der Waals surface area (Å²) >= 11 is 0. The SMILES string of the molecule is C[C@@H](c1ccncn1)N(C)C(=O)c1cn(C/C=C/c2ccccc2)nn1. The van der Waals surface area contributed by atoms with E-state index in [9.17, 15) is 4.79 Å². The van der Waals surface area contributed by atoms with Crippen LogP contribution in [0.5, 0.6) is 0 Å². The summed E-state index contributed by atoms with van der Waals surface area (Å²) in [4.78, 5) is 22.3. The molecule has 132 valence electrons. The fourth-order valence-corrected chi connectivity index (χ4v) is 2.45. The Morgan fingerprint density at radius 1 is 1.27 bits per heavy atom. The largest absolute Gasteiger partial charge is 0.332 e. The summed E-state index contributed by atoms with van der Waals surface area (Å²) in [6, 6.07) is 11.6. The van der Waals surface area contributed by atoms with Gasteiger partial charge < -0.3 is 4.90 Å². The first-order chi connectivity index (χ1) is 12.6. The zero-order chi connectivity index (χ0) is 18.4. The van der Waals surface area contributed by atoms with Crippen molar-refractivity contribution in [3.05, 3.63) is 78.1 Å². The lowest BCUT2D eigenvalue weighted by Gasteiger charge is -2.23. The number of rotatable bonds is 6. The molecule has 1 atom stereocenters. The van der Waals surface area contributed by atoms with Crippen molar-refractivity contribution >= 4 is 12.0 Å². The summed E-state index contributed by atoms with van der Waals surface area (Å²) in [5, 5.41) is 8.02. The maximum Gasteiger partial charge on any atom is 0.276 e. The quantitative estimate of drug-likeness (QED) is 0.684. The highest BCUT2D eigenvalue weighted by Gasteiger charge is 2.22. The highest BCUT2D eigenvalue weighted by molar-refractivity contribution is 5.92. The van der Waals surface area contributed by atoms with Crippen molar-refractivity contribution < 1.29 is 4.79 Å². The van der Waals surface area contributed by atoms with Gasteiger partial charge >= 0.3 is 0 Å². The van der Waals surface area contributed by atoms with Crippen LogP contribution in [0.25, 0.3) is 6.08 Å². The topological polar surface area (TPSA) is 76.8 Å². The van der Waals surface area contributed by atoms with E-state index in [2.05, 4.69) is 20.3 Å². The minimum atomic E-state index is -0.200. The fraction of sp³-hybridized carbons (Fsp3) is 0.211. The summed E-state index contributed by atoms with van der Waals surface area (Å²) in [6.45, 7) is 2.45. The van der Waals surface area contributed by atoms with E-state index >= 15 is 0 Å². The summed E-state index contributed by atoms with van der Waals surface area (Å²) in [6.07, 6.45) is 8.77. The summed E-state index contributed by atoms with van der Waals surface area (Å²) in [5.41, 5.74) is 2.19. The Morgan fingerprint density at radius 2 is 2.08 bits per heavy atom. The highest BCUT2D eigenvalue weighted by atomic mass is 16.2. The van der Waals surface area contributed by atoms with Crippen molar-refractivity contribution in [2.45, 2.75) is 19.5 Å². The maximum atomic E-state index is 12.6. The molecular weight excluding hydrogens is 328 g/mol. The molecule has 0 saturated carbocycles.